The number of carbonyl (C=O) groups excluding carboxylic acids is 4. The molecule has 6 N–H and O–H groups in total. The molecule has 4 amide bonds. The highest BCUT2D eigenvalue weighted by Gasteiger charge is 2.22. The Kier molecular flexibility index (Phi) is 15.8. The Morgan fingerprint density at radius 2 is 1.07 bits per heavy atom. The van der Waals surface area contributed by atoms with E-state index in [0.29, 0.717) is 49.7 Å². The van der Waals surface area contributed by atoms with Crippen LogP contribution in [0, 0.1) is 11.8 Å². The number of aryl methyl sites for hydroxylation is 2. The molecule has 0 aliphatic rings. The second kappa shape index (κ2) is 19.2. The first-order valence-corrected chi connectivity index (χ1v) is 16.0. The molecule has 0 aromatic heterocycles. The molecule has 2 aromatic rings. The zero-order valence-electron chi connectivity index (χ0n) is 26.6. The summed E-state index contributed by atoms with van der Waals surface area (Å²) in [7, 11) is 0. The second-order valence-electron chi connectivity index (χ2n) is 11.4. The lowest BCUT2D eigenvalue weighted by Crippen LogP contribution is -2.45. The summed E-state index contributed by atoms with van der Waals surface area (Å²) in [6.45, 7) is 7.88. The summed E-state index contributed by atoms with van der Waals surface area (Å²) < 4.78 is 0. The van der Waals surface area contributed by atoms with Crippen molar-refractivity contribution in [1.29, 1.82) is 0 Å². The highest BCUT2D eigenvalue weighted by Crippen LogP contribution is 2.25. The van der Waals surface area contributed by atoms with Gasteiger partial charge in [-0.15, -0.1) is 0 Å². The normalized spacial score (nSPS) is 12.2. The van der Waals surface area contributed by atoms with Gasteiger partial charge in [-0.05, 0) is 68.2 Å². The van der Waals surface area contributed by atoms with E-state index in [1.165, 1.54) is 12.1 Å². The highest BCUT2D eigenvalue weighted by molar-refractivity contribution is 5.99. The van der Waals surface area contributed by atoms with Gasteiger partial charge in [-0.25, -0.2) is 0 Å². The first kappa shape index (κ1) is 36.1. The number of hydrazine groups is 2. The average molecular weight is 611 g/mol. The van der Waals surface area contributed by atoms with E-state index in [1.807, 2.05) is 13.8 Å². The maximum absolute atomic E-state index is 13.0. The third-order valence-electron chi connectivity index (χ3n) is 7.84. The molecule has 0 radical (unpaired) electrons. The monoisotopic (exact) mass is 610 g/mol. The number of hydrogen-bond acceptors (Lipinski definition) is 6. The molecule has 0 saturated heterocycles. The van der Waals surface area contributed by atoms with Crippen LogP contribution in [-0.2, 0) is 22.4 Å². The maximum atomic E-state index is 13.0. The molecule has 0 aliphatic carbocycles. The Bertz CT molecular complexity index is 1250. The largest absolute Gasteiger partial charge is 0.507 e. The number of nitrogens with one attached hydrogen (secondary N) is 4. The van der Waals surface area contributed by atoms with E-state index in [-0.39, 0.29) is 40.4 Å². The van der Waals surface area contributed by atoms with Crippen LogP contribution < -0.4 is 21.7 Å². The molecule has 0 bridgehead atoms. The third-order valence-corrected chi connectivity index (χ3v) is 7.84. The smallest absolute Gasteiger partial charge is 0.273 e. The van der Waals surface area contributed by atoms with Gasteiger partial charge in [0.05, 0.1) is 11.1 Å². The summed E-state index contributed by atoms with van der Waals surface area (Å²) in [6.07, 6.45) is 8.98. The first-order valence-electron chi connectivity index (χ1n) is 16.0. The van der Waals surface area contributed by atoms with Crippen LogP contribution in [0.25, 0.3) is 0 Å². The Hall–Kier alpha value is -4.08. The van der Waals surface area contributed by atoms with Crippen molar-refractivity contribution < 1.29 is 29.4 Å². The minimum atomic E-state index is -0.597. The van der Waals surface area contributed by atoms with Crippen LogP contribution in [0.3, 0.4) is 0 Å². The lowest BCUT2D eigenvalue weighted by molar-refractivity contribution is -0.126. The van der Waals surface area contributed by atoms with Crippen LogP contribution in [0.1, 0.15) is 124 Å². The van der Waals surface area contributed by atoms with Gasteiger partial charge in [-0.1, -0.05) is 84.1 Å². The minimum Gasteiger partial charge on any atom is -0.507 e. The van der Waals surface area contributed by atoms with E-state index in [0.717, 1.165) is 38.5 Å². The summed E-state index contributed by atoms with van der Waals surface area (Å²) in [5.41, 5.74) is 11.4. The van der Waals surface area contributed by atoms with Crippen molar-refractivity contribution in [1.82, 2.24) is 21.7 Å². The lowest BCUT2D eigenvalue weighted by Gasteiger charge is -2.19. The summed E-state index contributed by atoms with van der Waals surface area (Å²) in [5.74, 6) is -2.82. The number of phenolic OH excluding ortho intramolecular Hbond substituents is 2. The molecule has 44 heavy (non-hydrogen) atoms. The molecule has 0 heterocycles. The quantitative estimate of drug-likeness (QED) is 0.128. The number of unbranched alkanes of at least 4 members (excludes halogenated alkanes) is 3. The number of hydrogen-bond donors (Lipinski definition) is 6. The molecule has 2 atom stereocenters. The van der Waals surface area contributed by atoms with Crippen LogP contribution in [0.5, 0.6) is 11.5 Å². The van der Waals surface area contributed by atoms with Crippen LogP contribution in [0.15, 0.2) is 36.4 Å². The fraction of sp³-hybridized carbons (Fsp3) is 0.529. The number of carbonyl (C=O) groups is 4. The fourth-order valence-corrected chi connectivity index (χ4v) is 4.94. The molecule has 2 aromatic carbocycles. The molecule has 0 fully saturated rings. The standard InChI is InChI=1S/C34H50N4O6/c1-5-8-15-24-18-12-21-27(29(24)39)33(43)37-35-31(41)23(4)14-11-20-26(17-10-7-3)32(42)36-38-34(44)28-22-13-19-25(30(28)40)16-9-6-2/h12-13,18-19,21-23,26,39-40H,5-11,14-17,20H2,1-4H3,(H,35,41)(H,36,42)(H,37,43)(H,38,44). The van der Waals surface area contributed by atoms with Crippen LogP contribution in [-0.4, -0.2) is 33.8 Å². The number of phenols is 2. The first-order chi connectivity index (χ1) is 21.1. The van der Waals surface area contributed by atoms with Crippen molar-refractivity contribution in [2.24, 2.45) is 11.8 Å². The zero-order chi connectivity index (χ0) is 32.5. The fourth-order valence-electron chi connectivity index (χ4n) is 4.94. The van der Waals surface area contributed by atoms with E-state index in [1.54, 1.807) is 31.2 Å². The van der Waals surface area contributed by atoms with Crippen molar-refractivity contribution in [2.45, 2.75) is 105 Å². The molecular formula is C34H50N4O6. The minimum absolute atomic E-state index is 0.0732. The highest BCUT2D eigenvalue weighted by atomic mass is 16.3. The van der Waals surface area contributed by atoms with Gasteiger partial charge >= 0.3 is 0 Å². The topological polar surface area (TPSA) is 157 Å². The number of rotatable bonds is 17. The molecular weight excluding hydrogens is 560 g/mol. The van der Waals surface area contributed by atoms with Crippen LogP contribution in [0.2, 0.25) is 0 Å². The third kappa shape index (κ3) is 11.2. The molecule has 242 valence electrons. The maximum Gasteiger partial charge on any atom is 0.273 e. The Morgan fingerprint density at radius 3 is 1.55 bits per heavy atom. The van der Waals surface area contributed by atoms with Crippen molar-refractivity contribution in [3.63, 3.8) is 0 Å². The number of benzene rings is 2. The molecule has 0 spiro atoms. The second-order valence-corrected chi connectivity index (χ2v) is 11.4. The Labute approximate surface area is 261 Å². The SMILES string of the molecule is CCCCc1cccc(C(=O)NNC(=O)C(C)CCCC(CCCC)C(=O)NNC(=O)c2cccc(CCCC)c2O)c1O. The van der Waals surface area contributed by atoms with Crippen LogP contribution >= 0.6 is 0 Å². The Morgan fingerprint density at radius 1 is 0.614 bits per heavy atom. The predicted molar refractivity (Wildman–Crippen MR) is 171 cm³/mol. The predicted octanol–water partition coefficient (Wildman–Crippen LogP) is 5.62. The van der Waals surface area contributed by atoms with Gasteiger partial charge in [-0.2, -0.15) is 0 Å². The molecule has 0 saturated carbocycles. The van der Waals surface area contributed by atoms with Crippen LogP contribution in [0.4, 0.5) is 0 Å². The summed E-state index contributed by atoms with van der Waals surface area (Å²) in [4.78, 5) is 50.9. The van der Waals surface area contributed by atoms with Gasteiger partial charge < -0.3 is 10.2 Å². The summed E-state index contributed by atoms with van der Waals surface area (Å²) in [6, 6.07) is 10.0. The van der Waals surface area contributed by atoms with Gasteiger partial charge in [0.1, 0.15) is 11.5 Å². The number of amides is 4. The van der Waals surface area contributed by atoms with Gasteiger partial charge in [0.15, 0.2) is 0 Å². The number of aromatic hydroxyl groups is 2. The van der Waals surface area contributed by atoms with Crippen molar-refractivity contribution in [3.05, 3.63) is 58.7 Å². The average Bonchev–Trinajstić information content (AvgIpc) is 3.02. The molecule has 0 aliphatic heterocycles. The van der Waals surface area contributed by atoms with Crippen molar-refractivity contribution in [3.8, 4) is 11.5 Å². The van der Waals surface area contributed by atoms with Gasteiger partial charge in [-0.3, -0.25) is 40.9 Å². The van der Waals surface area contributed by atoms with Gasteiger partial charge in [0, 0.05) is 11.8 Å². The van der Waals surface area contributed by atoms with Crippen molar-refractivity contribution in [2.75, 3.05) is 0 Å². The van der Waals surface area contributed by atoms with E-state index >= 15 is 0 Å². The zero-order valence-corrected chi connectivity index (χ0v) is 26.6. The van der Waals surface area contributed by atoms with Gasteiger partial charge in [0.2, 0.25) is 11.8 Å². The molecule has 2 rings (SSSR count). The lowest BCUT2D eigenvalue weighted by atomic mass is 9.92. The van der Waals surface area contributed by atoms with E-state index < -0.39 is 17.7 Å². The summed E-state index contributed by atoms with van der Waals surface area (Å²) >= 11 is 0. The van der Waals surface area contributed by atoms with E-state index in [4.69, 9.17) is 0 Å². The summed E-state index contributed by atoms with van der Waals surface area (Å²) in [5, 5.41) is 21.0. The molecule has 2 unspecified atom stereocenters. The van der Waals surface area contributed by atoms with Crippen molar-refractivity contribution >= 4 is 23.6 Å². The van der Waals surface area contributed by atoms with E-state index in [2.05, 4.69) is 28.6 Å². The molecule has 10 nitrogen and oxygen atoms in total. The van der Waals surface area contributed by atoms with E-state index in [9.17, 15) is 29.4 Å². The number of para-hydroxylation sites is 2. The molecule has 10 heteroatoms. The van der Waals surface area contributed by atoms with Gasteiger partial charge in [0.25, 0.3) is 11.8 Å². The Balaban J connectivity index is 1.86.